The lowest BCUT2D eigenvalue weighted by molar-refractivity contribution is -0.115. The third-order valence-corrected chi connectivity index (χ3v) is 5.45. The van der Waals surface area contributed by atoms with Crippen molar-refractivity contribution in [3.8, 4) is 17.6 Å². The number of hydrogen-bond acceptors (Lipinski definition) is 6. The summed E-state index contributed by atoms with van der Waals surface area (Å²) in [6.07, 6.45) is 0. The van der Waals surface area contributed by atoms with Crippen molar-refractivity contribution < 1.29 is 14.3 Å². The van der Waals surface area contributed by atoms with E-state index in [9.17, 15) is 4.79 Å². The number of aromatic nitrogens is 1. The lowest BCUT2D eigenvalue weighted by Gasteiger charge is -2.23. The van der Waals surface area contributed by atoms with Gasteiger partial charge in [0.05, 0.1) is 30.1 Å². The molecule has 6 nitrogen and oxygen atoms in total. The summed E-state index contributed by atoms with van der Waals surface area (Å²) in [5.74, 6) is 0.918. The number of methoxy groups -OCH3 is 1. The van der Waals surface area contributed by atoms with Crippen molar-refractivity contribution in [3.63, 3.8) is 0 Å². The molecule has 1 aromatic heterocycles. The van der Waals surface area contributed by atoms with Gasteiger partial charge in [-0.3, -0.25) is 9.69 Å². The molecule has 0 aliphatic rings. The van der Waals surface area contributed by atoms with Crippen LogP contribution in [0.15, 0.2) is 35.7 Å². The third-order valence-electron chi connectivity index (χ3n) is 4.57. The molecule has 0 N–H and O–H groups in total. The molecule has 7 heteroatoms. The monoisotopic (exact) mass is 421 g/mol. The summed E-state index contributed by atoms with van der Waals surface area (Å²) in [5, 5.41) is 11.5. The van der Waals surface area contributed by atoms with E-state index >= 15 is 0 Å². The van der Waals surface area contributed by atoms with E-state index in [1.165, 1.54) is 25.4 Å². The van der Waals surface area contributed by atoms with E-state index < -0.39 is 0 Å². The van der Waals surface area contributed by atoms with Gasteiger partial charge in [-0.15, -0.1) is 11.3 Å². The van der Waals surface area contributed by atoms with Crippen molar-refractivity contribution in [2.75, 3.05) is 12.0 Å². The van der Waals surface area contributed by atoms with Gasteiger partial charge in [0.1, 0.15) is 6.61 Å². The molecule has 0 atom stereocenters. The van der Waals surface area contributed by atoms with Gasteiger partial charge in [-0.2, -0.15) is 5.26 Å². The van der Waals surface area contributed by atoms with Crippen LogP contribution in [0.3, 0.4) is 0 Å². The second kappa shape index (κ2) is 8.97. The van der Waals surface area contributed by atoms with Crippen molar-refractivity contribution in [2.45, 2.75) is 34.3 Å². The number of amides is 1. The Labute approximate surface area is 180 Å². The first-order valence-corrected chi connectivity index (χ1v) is 10.3. The van der Waals surface area contributed by atoms with Gasteiger partial charge in [0, 0.05) is 18.4 Å². The number of ether oxygens (including phenoxy) is 2. The van der Waals surface area contributed by atoms with Gasteiger partial charge in [0.2, 0.25) is 5.91 Å². The molecule has 0 spiro atoms. The molecule has 154 valence electrons. The molecule has 1 heterocycles. The summed E-state index contributed by atoms with van der Waals surface area (Å²) in [6.45, 7) is 7.80. The van der Waals surface area contributed by atoms with Crippen molar-refractivity contribution in [1.29, 1.82) is 5.26 Å². The largest absolute Gasteiger partial charge is 0.493 e. The summed E-state index contributed by atoms with van der Waals surface area (Å²) in [5.41, 5.74) is 5.27. The number of carbonyl (C=O) groups excluding carboxylic acids is 1. The molecule has 0 unspecified atom stereocenters. The number of rotatable bonds is 6. The minimum Gasteiger partial charge on any atom is -0.493 e. The smallest absolute Gasteiger partial charge is 0.230 e. The van der Waals surface area contributed by atoms with Crippen molar-refractivity contribution in [1.82, 2.24) is 4.98 Å². The van der Waals surface area contributed by atoms with Crippen molar-refractivity contribution in [2.24, 2.45) is 0 Å². The average Bonchev–Trinajstić information content (AvgIpc) is 3.16. The normalized spacial score (nSPS) is 10.4. The van der Waals surface area contributed by atoms with Crippen LogP contribution in [0.4, 0.5) is 10.8 Å². The van der Waals surface area contributed by atoms with E-state index in [0.29, 0.717) is 27.9 Å². The van der Waals surface area contributed by atoms with Crippen LogP contribution < -0.4 is 14.4 Å². The van der Waals surface area contributed by atoms with Crippen molar-refractivity contribution in [3.05, 3.63) is 63.7 Å². The molecule has 1 amide bonds. The van der Waals surface area contributed by atoms with Gasteiger partial charge in [0.15, 0.2) is 16.6 Å². The number of hydrogen-bond donors (Lipinski definition) is 0. The Hall–Kier alpha value is -3.37. The quantitative estimate of drug-likeness (QED) is 0.546. The second-order valence-corrected chi connectivity index (χ2v) is 7.83. The Bertz CT molecular complexity index is 1110. The van der Waals surface area contributed by atoms with E-state index in [1.54, 1.807) is 23.1 Å². The third kappa shape index (κ3) is 4.44. The lowest BCUT2D eigenvalue weighted by Crippen LogP contribution is -2.24. The number of anilines is 2. The topological polar surface area (TPSA) is 75.5 Å². The molecule has 3 aromatic rings. The Morgan fingerprint density at radius 1 is 1.17 bits per heavy atom. The summed E-state index contributed by atoms with van der Waals surface area (Å²) in [7, 11) is 1.53. The lowest BCUT2D eigenvalue weighted by atomic mass is 10.0. The van der Waals surface area contributed by atoms with Gasteiger partial charge in [-0.05, 0) is 44.0 Å². The predicted molar refractivity (Wildman–Crippen MR) is 118 cm³/mol. The van der Waals surface area contributed by atoms with Crippen LogP contribution in [0, 0.1) is 32.1 Å². The fourth-order valence-electron chi connectivity index (χ4n) is 3.39. The molecule has 0 saturated carbocycles. The predicted octanol–water partition coefficient (Wildman–Crippen LogP) is 5.21. The minimum absolute atomic E-state index is 0.0966. The molecule has 0 bridgehead atoms. The molecule has 0 fully saturated rings. The first-order valence-electron chi connectivity index (χ1n) is 9.38. The van der Waals surface area contributed by atoms with Crippen LogP contribution in [0.1, 0.15) is 34.9 Å². The zero-order valence-corrected chi connectivity index (χ0v) is 18.5. The fraction of sp³-hybridized carbons (Fsp3) is 0.261. The van der Waals surface area contributed by atoms with Crippen LogP contribution in [0.25, 0.3) is 0 Å². The maximum atomic E-state index is 12.5. The number of thiazole rings is 1. The Kier molecular flexibility index (Phi) is 6.38. The highest BCUT2D eigenvalue weighted by atomic mass is 32.1. The molecule has 0 radical (unpaired) electrons. The molecule has 30 heavy (non-hydrogen) atoms. The second-order valence-electron chi connectivity index (χ2n) is 6.99. The minimum atomic E-state index is -0.0966. The number of benzene rings is 2. The summed E-state index contributed by atoms with van der Waals surface area (Å²) in [4.78, 5) is 18.8. The molecule has 2 aromatic carbocycles. The highest BCUT2D eigenvalue weighted by Gasteiger charge is 2.22. The first kappa shape index (κ1) is 21.3. The highest BCUT2D eigenvalue weighted by molar-refractivity contribution is 7.14. The van der Waals surface area contributed by atoms with Crippen LogP contribution in [-0.4, -0.2) is 18.0 Å². The number of carbonyl (C=O) groups is 1. The van der Waals surface area contributed by atoms with Crippen molar-refractivity contribution >= 4 is 28.1 Å². The summed E-state index contributed by atoms with van der Waals surface area (Å²) >= 11 is 1.39. The summed E-state index contributed by atoms with van der Waals surface area (Å²) < 4.78 is 11.1. The van der Waals surface area contributed by atoms with Crippen LogP contribution in [0.5, 0.6) is 11.5 Å². The van der Waals surface area contributed by atoms with E-state index in [2.05, 4.69) is 23.2 Å². The van der Waals surface area contributed by atoms with E-state index in [1.807, 2.05) is 26.2 Å². The standard InChI is InChI=1S/C23H23N3O3S/c1-14-8-15(2)22(16(3)9-14)26(17(4)27)23-25-19(13-30-23)12-29-20-7-6-18(11-24)10-21(20)28-5/h6-10,13H,12H2,1-5H3. The van der Waals surface area contributed by atoms with E-state index in [-0.39, 0.29) is 12.5 Å². The SMILES string of the molecule is COc1cc(C#N)ccc1OCc1csc(N(C(C)=O)c2c(C)cc(C)cc2C)n1. The maximum Gasteiger partial charge on any atom is 0.230 e. The van der Waals surface area contributed by atoms with Crippen LogP contribution in [-0.2, 0) is 11.4 Å². The Balaban J connectivity index is 1.85. The molecule has 0 aliphatic heterocycles. The van der Waals surface area contributed by atoms with Gasteiger partial charge in [-0.25, -0.2) is 4.98 Å². The maximum absolute atomic E-state index is 12.5. The Morgan fingerprint density at radius 3 is 2.47 bits per heavy atom. The van der Waals surface area contributed by atoms with Crippen LogP contribution in [0.2, 0.25) is 0 Å². The van der Waals surface area contributed by atoms with Gasteiger partial charge >= 0.3 is 0 Å². The summed E-state index contributed by atoms with van der Waals surface area (Å²) in [6, 6.07) is 11.2. The molecule has 3 rings (SSSR count). The number of nitriles is 1. The molecule has 0 saturated heterocycles. The Morgan fingerprint density at radius 2 is 1.87 bits per heavy atom. The van der Waals surface area contributed by atoms with Gasteiger partial charge in [-0.1, -0.05) is 17.7 Å². The number of nitrogens with zero attached hydrogens (tertiary/aromatic N) is 3. The molecule has 0 aliphatic carbocycles. The highest BCUT2D eigenvalue weighted by Crippen LogP contribution is 2.35. The first-order chi connectivity index (χ1) is 14.3. The molecular formula is C23H23N3O3S. The van der Waals surface area contributed by atoms with E-state index in [4.69, 9.17) is 14.7 Å². The van der Waals surface area contributed by atoms with Crippen LogP contribution >= 0.6 is 11.3 Å². The molecular weight excluding hydrogens is 398 g/mol. The zero-order chi connectivity index (χ0) is 21.8. The number of aryl methyl sites for hydroxylation is 3. The average molecular weight is 422 g/mol. The van der Waals surface area contributed by atoms with Gasteiger partial charge < -0.3 is 9.47 Å². The zero-order valence-electron chi connectivity index (χ0n) is 17.6. The van der Waals surface area contributed by atoms with Gasteiger partial charge in [0.25, 0.3) is 0 Å². The van der Waals surface area contributed by atoms with E-state index in [0.717, 1.165) is 22.4 Å². The fourth-order valence-corrected chi connectivity index (χ4v) is 4.24.